The molecule has 1 saturated heterocycles. The van der Waals surface area contributed by atoms with Gasteiger partial charge in [-0.05, 0) is 55.7 Å². The average Bonchev–Trinajstić information content (AvgIpc) is 2.81. The van der Waals surface area contributed by atoms with Gasteiger partial charge < -0.3 is 15.1 Å². The number of carbonyl (C=O) groups excluding carboxylic acids is 3. The highest BCUT2D eigenvalue weighted by atomic mass is 35.5. The summed E-state index contributed by atoms with van der Waals surface area (Å²) >= 11 is 7.64. The minimum Gasteiger partial charge on any atom is -0.340 e. The van der Waals surface area contributed by atoms with E-state index in [2.05, 4.69) is 5.32 Å². The van der Waals surface area contributed by atoms with Crippen molar-refractivity contribution >= 4 is 41.1 Å². The van der Waals surface area contributed by atoms with E-state index in [0.29, 0.717) is 38.2 Å². The van der Waals surface area contributed by atoms with Gasteiger partial charge in [0.1, 0.15) is 11.9 Å². The molecule has 1 aliphatic rings. The Balaban J connectivity index is 1.63. The number of amides is 3. The van der Waals surface area contributed by atoms with Crippen molar-refractivity contribution in [1.82, 2.24) is 15.1 Å². The molecular weight excluding hydrogens is 465 g/mol. The summed E-state index contributed by atoms with van der Waals surface area (Å²) in [5.41, 5.74) is 1.72. The third kappa shape index (κ3) is 6.48. The number of hydrogen-bond acceptors (Lipinski definition) is 4. The Labute approximate surface area is 202 Å². The first-order valence-corrected chi connectivity index (χ1v) is 12.5. The van der Waals surface area contributed by atoms with Gasteiger partial charge in [-0.15, -0.1) is 0 Å². The van der Waals surface area contributed by atoms with Crippen LogP contribution in [-0.2, 0) is 4.79 Å². The molecule has 0 aromatic heterocycles. The van der Waals surface area contributed by atoms with Gasteiger partial charge in [0.05, 0.1) is 10.6 Å². The molecule has 1 N–H and O–H groups in total. The molecule has 3 rings (SSSR count). The van der Waals surface area contributed by atoms with Crippen molar-refractivity contribution in [3.8, 4) is 0 Å². The zero-order valence-corrected chi connectivity index (χ0v) is 20.2. The van der Waals surface area contributed by atoms with E-state index in [1.54, 1.807) is 33.7 Å². The first kappa shape index (κ1) is 25.1. The van der Waals surface area contributed by atoms with Crippen molar-refractivity contribution in [3.05, 3.63) is 70.0 Å². The number of carbonyl (C=O) groups is 3. The lowest BCUT2D eigenvalue weighted by Crippen LogP contribution is -2.56. The lowest BCUT2D eigenvalue weighted by atomic mass is 10.1. The Kier molecular flexibility index (Phi) is 8.74. The monoisotopic (exact) mass is 491 g/mol. The Morgan fingerprint density at radius 2 is 1.79 bits per heavy atom. The number of rotatable bonds is 7. The van der Waals surface area contributed by atoms with Crippen LogP contribution in [0.25, 0.3) is 0 Å². The predicted molar refractivity (Wildman–Crippen MR) is 129 cm³/mol. The maximum atomic E-state index is 13.3. The number of thioether (sulfide) groups is 1. The van der Waals surface area contributed by atoms with E-state index in [9.17, 15) is 18.8 Å². The third-order valence-corrected chi connectivity index (χ3v) is 6.49. The second-order valence-electron chi connectivity index (χ2n) is 7.92. The summed E-state index contributed by atoms with van der Waals surface area (Å²) in [7, 11) is 0. The molecule has 1 fully saturated rings. The Morgan fingerprint density at radius 1 is 1.09 bits per heavy atom. The van der Waals surface area contributed by atoms with Crippen molar-refractivity contribution in [3.63, 3.8) is 0 Å². The van der Waals surface area contributed by atoms with E-state index >= 15 is 0 Å². The summed E-state index contributed by atoms with van der Waals surface area (Å²) in [4.78, 5) is 42.0. The molecule has 0 aliphatic carbocycles. The second kappa shape index (κ2) is 11.5. The van der Waals surface area contributed by atoms with E-state index in [1.165, 1.54) is 12.1 Å². The highest BCUT2D eigenvalue weighted by Gasteiger charge is 2.30. The number of nitrogens with one attached hydrogen (secondary N) is 1. The van der Waals surface area contributed by atoms with E-state index in [-0.39, 0.29) is 28.3 Å². The summed E-state index contributed by atoms with van der Waals surface area (Å²) in [5.74, 6) is -0.504. The molecule has 3 amide bonds. The number of aryl methyl sites for hydroxylation is 1. The van der Waals surface area contributed by atoms with Gasteiger partial charge in [-0.3, -0.25) is 14.4 Å². The van der Waals surface area contributed by atoms with E-state index in [1.807, 2.05) is 25.3 Å². The lowest BCUT2D eigenvalue weighted by Gasteiger charge is -2.36. The summed E-state index contributed by atoms with van der Waals surface area (Å²) < 4.78 is 13.3. The molecule has 2 aromatic carbocycles. The molecule has 0 spiro atoms. The molecule has 1 heterocycles. The quantitative estimate of drug-likeness (QED) is 0.642. The molecule has 1 atom stereocenters. The normalized spacial score (nSPS) is 14.7. The van der Waals surface area contributed by atoms with Crippen LogP contribution in [0.5, 0.6) is 0 Å². The van der Waals surface area contributed by atoms with E-state index in [4.69, 9.17) is 11.6 Å². The summed E-state index contributed by atoms with van der Waals surface area (Å²) in [6, 6.07) is 10.3. The number of benzene rings is 2. The van der Waals surface area contributed by atoms with Gasteiger partial charge >= 0.3 is 0 Å². The van der Waals surface area contributed by atoms with E-state index < -0.39 is 11.9 Å². The van der Waals surface area contributed by atoms with Crippen molar-refractivity contribution in [2.24, 2.45) is 0 Å². The summed E-state index contributed by atoms with van der Waals surface area (Å²) in [5, 5.41) is 2.95. The molecule has 1 aliphatic heterocycles. The Bertz CT molecular complexity index is 1030. The number of piperazine rings is 1. The zero-order valence-electron chi connectivity index (χ0n) is 18.6. The van der Waals surface area contributed by atoms with Crippen LogP contribution < -0.4 is 5.32 Å². The summed E-state index contributed by atoms with van der Waals surface area (Å²) in [6.45, 7) is 3.27. The number of halogens is 2. The van der Waals surface area contributed by atoms with Crippen LogP contribution in [0.2, 0.25) is 5.02 Å². The van der Waals surface area contributed by atoms with Crippen molar-refractivity contribution in [2.75, 3.05) is 38.2 Å². The Morgan fingerprint density at radius 3 is 2.42 bits per heavy atom. The first-order chi connectivity index (χ1) is 15.8. The fourth-order valence-corrected chi connectivity index (χ4v) is 4.42. The summed E-state index contributed by atoms with van der Waals surface area (Å²) in [6.07, 6.45) is 2.47. The maximum Gasteiger partial charge on any atom is 0.255 e. The first-order valence-electron chi connectivity index (χ1n) is 10.7. The highest BCUT2D eigenvalue weighted by molar-refractivity contribution is 7.98. The van der Waals surface area contributed by atoms with Crippen molar-refractivity contribution in [2.45, 2.75) is 19.4 Å². The molecule has 6 nitrogen and oxygen atoms in total. The molecule has 9 heteroatoms. The highest BCUT2D eigenvalue weighted by Crippen LogP contribution is 2.20. The Hall–Kier alpha value is -2.58. The third-order valence-electron chi connectivity index (χ3n) is 5.53. The smallest absolute Gasteiger partial charge is 0.255 e. The maximum absolute atomic E-state index is 13.3. The fourth-order valence-electron chi connectivity index (χ4n) is 3.70. The average molecular weight is 492 g/mol. The van der Waals surface area contributed by atoms with Crippen molar-refractivity contribution in [1.29, 1.82) is 0 Å². The van der Waals surface area contributed by atoms with Gasteiger partial charge in [-0.25, -0.2) is 4.39 Å². The predicted octanol–water partition coefficient (Wildman–Crippen LogP) is 3.62. The second-order valence-corrected chi connectivity index (χ2v) is 9.31. The molecule has 33 heavy (non-hydrogen) atoms. The van der Waals surface area contributed by atoms with Crippen LogP contribution in [0.15, 0.2) is 42.5 Å². The molecule has 0 radical (unpaired) electrons. The van der Waals surface area contributed by atoms with Gasteiger partial charge in [-0.2, -0.15) is 11.8 Å². The molecule has 2 aromatic rings. The fraction of sp³-hybridized carbons (Fsp3) is 0.375. The zero-order chi connectivity index (χ0) is 24.0. The van der Waals surface area contributed by atoms with Gasteiger partial charge in [0, 0.05) is 31.7 Å². The standard InChI is InChI=1S/C24H27ClFN3O3S/c1-16-4-3-5-17(14-16)22(30)27-21(8-13-33-2)24(32)29-11-9-28(10-12-29)23(31)19-7-6-18(26)15-20(19)25/h3-7,14-15,21H,8-13H2,1-2H3,(H,27,30). The van der Waals surface area contributed by atoms with Gasteiger partial charge in [0.25, 0.3) is 11.8 Å². The van der Waals surface area contributed by atoms with Crippen LogP contribution in [0.4, 0.5) is 4.39 Å². The molecular formula is C24H27ClFN3O3S. The molecule has 0 saturated carbocycles. The largest absolute Gasteiger partial charge is 0.340 e. The van der Waals surface area contributed by atoms with Gasteiger partial charge in [0.2, 0.25) is 5.91 Å². The molecule has 1 unspecified atom stereocenters. The van der Waals surface area contributed by atoms with E-state index in [0.717, 1.165) is 17.4 Å². The number of nitrogens with zero attached hydrogens (tertiary/aromatic N) is 2. The molecule has 0 bridgehead atoms. The van der Waals surface area contributed by atoms with Crippen LogP contribution in [0.1, 0.15) is 32.7 Å². The minimum absolute atomic E-state index is 0.0643. The molecule has 176 valence electrons. The van der Waals surface area contributed by atoms with Crippen molar-refractivity contribution < 1.29 is 18.8 Å². The lowest BCUT2D eigenvalue weighted by molar-refractivity contribution is -0.134. The van der Waals surface area contributed by atoms with Gasteiger partial charge in [-0.1, -0.05) is 29.3 Å². The van der Waals surface area contributed by atoms with Gasteiger partial charge in [0.15, 0.2) is 0 Å². The van der Waals surface area contributed by atoms with Crippen LogP contribution in [0.3, 0.4) is 0 Å². The van der Waals surface area contributed by atoms with Crippen LogP contribution in [0, 0.1) is 12.7 Å². The number of hydrogen-bond donors (Lipinski definition) is 1. The SMILES string of the molecule is CSCCC(NC(=O)c1cccc(C)c1)C(=O)N1CCN(C(=O)c2ccc(F)cc2Cl)CC1. The van der Waals surface area contributed by atoms with Crippen LogP contribution >= 0.6 is 23.4 Å². The topological polar surface area (TPSA) is 69.7 Å². The van der Waals surface area contributed by atoms with Crippen LogP contribution in [-0.4, -0.2) is 71.8 Å². The minimum atomic E-state index is -0.640.